The van der Waals surface area contributed by atoms with Gasteiger partial charge in [-0.2, -0.15) is 0 Å². The zero-order chi connectivity index (χ0) is 14.3. The van der Waals surface area contributed by atoms with Crippen molar-refractivity contribution >= 4 is 11.6 Å². The third-order valence-corrected chi connectivity index (χ3v) is 3.88. The Morgan fingerprint density at radius 1 is 1.16 bits per heavy atom. The number of rotatable bonds is 8. The molecule has 0 aliphatic rings. The van der Waals surface area contributed by atoms with Crippen LogP contribution in [0.4, 0.5) is 0 Å². The topological polar surface area (TPSA) is 30.5 Å². The van der Waals surface area contributed by atoms with Crippen LogP contribution >= 0.6 is 11.6 Å². The molecule has 0 heterocycles. The fourth-order valence-corrected chi connectivity index (χ4v) is 2.35. The van der Waals surface area contributed by atoms with Gasteiger partial charge in [0, 0.05) is 6.54 Å². The van der Waals surface area contributed by atoms with Crippen LogP contribution in [0.3, 0.4) is 0 Å². The van der Waals surface area contributed by atoms with Gasteiger partial charge in [-0.05, 0) is 24.1 Å². The van der Waals surface area contributed by atoms with Crippen molar-refractivity contribution in [1.29, 1.82) is 0 Å². The van der Waals surface area contributed by atoms with Crippen LogP contribution in [-0.4, -0.2) is 20.8 Å². The SMILES string of the molecule is CCC(CC)CNCc1ccc(OC)c(OC)c1Cl. The molecule has 0 saturated carbocycles. The number of hydrogen-bond acceptors (Lipinski definition) is 3. The number of methoxy groups -OCH3 is 2. The molecule has 4 heteroatoms. The van der Waals surface area contributed by atoms with Crippen molar-refractivity contribution in [2.45, 2.75) is 33.2 Å². The molecule has 0 bridgehead atoms. The summed E-state index contributed by atoms with van der Waals surface area (Å²) < 4.78 is 10.5. The average Bonchev–Trinajstić information content (AvgIpc) is 2.44. The Labute approximate surface area is 121 Å². The maximum absolute atomic E-state index is 6.33. The van der Waals surface area contributed by atoms with Crippen molar-refractivity contribution in [2.24, 2.45) is 5.92 Å². The Kier molecular flexibility index (Phi) is 7.03. The molecule has 0 aliphatic carbocycles. The van der Waals surface area contributed by atoms with Crippen molar-refractivity contribution in [2.75, 3.05) is 20.8 Å². The summed E-state index contributed by atoms with van der Waals surface area (Å²) in [6.45, 7) is 6.20. The monoisotopic (exact) mass is 285 g/mol. The minimum absolute atomic E-state index is 0.603. The average molecular weight is 286 g/mol. The van der Waals surface area contributed by atoms with E-state index in [-0.39, 0.29) is 0 Å². The molecule has 0 aliphatic heterocycles. The fraction of sp³-hybridized carbons (Fsp3) is 0.600. The van der Waals surface area contributed by atoms with Crippen LogP contribution < -0.4 is 14.8 Å². The highest BCUT2D eigenvalue weighted by atomic mass is 35.5. The molecule has 1 N–H and O–H groups in total. The molecule has 0 saturated heterocycles. The lowest BCUT2D eigenvalue weighted by Gasteiger charge is -2.16. The van der Waals surface area contributed by atoms with Gasteiger partial charge in [0.05, 0.1) is 19.2 Å². The third-order valence-electron chi connectivity index (χ3n) is 3.47. The van der Waals surface area contributed by atoms with Crippen LogP contribution in [0.1, 0.15) is 32.3 Å². The van der Waals surface area contributed by atoms with Crippen LogP contribution in [0.15, 0.2) is 12.1 Å². The maximum Gasteiger partial charge on any atom is 0.179 e. The lowest BCUT2D eigenvalue weighted by molar-refractivity contribution is 0.354. The molecule has 0 fully saturated rings. The van der Waals surface area contributed by atoms with E-state index in [1.165, 1.54) is 12.8 Å². The zero-order valence-corrected chi connectivity index (χ0v) is 13.0. The summed E-state index contributed by atoms with van der Waals surface area (Å²) in [6.07, 6.45) is 2.40. The zero-order valence-electron chi connectivity index (χ0n) is 12.3. The largest absolute Gasteiger partial charge is 0.493 e. The second-order valence-corrected chi connectivity index (χ2v) is 4.97. The molecule has 1 rings (SSSR count). The molecular formula is C15H24ClNO2. The van der Waals surface area contributed by atoms with Crippen molar-refractivity contribution in [3.05, 3.63) is 22.7 Å². The van der Waals surface area contributed by atoms with E-state index >= 15 is 0 Å². The minimum Gasteiger partial charge on any atom is -0.493 e. The first-order valence-corrected chi connectivity index (χ1v) is 7.15. The van der Waals surface area contributed by atoms with E-state index in [1.54, 1.807) is 14.2 Å². The maximum atomic E-state index is 6.33. The number of hydrogen-bond donors (Lipinski definition) is 1. The second-order valence-electron chi connectivity index (χ2n) is 4.59. The lowest BCUT2D eigenvalue weighted by Crippen LogP contribution is -2.21. The van der Waals surface area contributed by atoms with Gasteiger partial charge in [0.1, 0.15) is 0 Å². The summed E-state index contributed by atoms with van der Waals surface area (Å²) in [5.41, 5.74) is 1.03. The Morgan fingerprint density at radius 2 is 1.84 bits per heavy atom. The predicted octanol–water partition coefficient (Wildman–Crippen LogP) is 3.88. The molecule has 3 nitrogen and oxygen atoms in total. The third kappa shape index (κ3) is 4.29. The van der Waals surface area contributed by atoms with E-state index in [4.69, 9.17) is 21.1 Å². The summed E-state index contributed by atoms with van der Waals surface area (Å²) in [5.74, 6) is 1.99. The van der Waals surface area contributed by atoms with E-state index in [9.17, 15) is 0 Å². The molecule has 0 radical (unpaired) electrons. The van der Waals surface area contributed by atoms with Crippen LogP contribution in [0.25, 0.3) is 0 Å². The summed E-state index contributed by atoms with van der Waals surface area (Å²) >= 11 is 6.33. The van der Waals surface area contributed by atoms with Crippen molar-refractivity contribution in [1.82, 2.24) is 5.32 Å². The minimum atomic E-state index is 0.603. The number of benzene rings is 1. The standard InChI is InChI=1S/C15H24ClNO2/c1-5-11(6-2)9-17-10-12-7-8-13(18-3)15(19-4)14(12)16/h7-8,11,17H,5-6,9-10H2,1-4H3. The lowest BCUT2D eigenvalue weighted by atomic mass is 10.0. The summed E-state index contributed by atoms with van der Waals surface area (Å²) in [6, 6.07) is 3.86. The summed E-state index contributed by atoms with van der Waals surface area (Å²) in [7, 11) is 3.21. The van der Waals surface area contributed by atoms with E-state index in [0.717, 1.165) is 24.6 Å². The van der Waals surface area contributed by atoms with Gasteiger partial charge < -0.3 is 14.8 Å². The van der Waals surface area contributed by atoms with Gasteiger partial charge >= 0.3 is 0 Å². The molecule has 19 heavy (non-hydrogen) atoms. The quantitative estimate of drug-likeness (QED) is 0.786. The highest BCUT2D eigenvalue weighted by molar-refractivity contribution is 6.33. The Bertz CT molecular complexity index is 392. The highest BCUT2D eigenvalue weighted by Crippen LogP contribution is 2.37. The van der Waals surface area contributed by atoms with E-state index in [1.807, 2.05) is 12.1 Å². The molecule has 0 spiro atoms. The first kappa shape index (κ1) is 16.1. The van der Waals surface area contributed by atoms with Gasteiger partial charge in [-0.15, -0.1) is 0 Å². The van der Waals surface area contributed by atoms with Crippen molar-refractivity contribution in [3.63, 3.8) is 0 Å². The number of nitrogens with one attached hydrogen (secondary N) is 1. The van der Waals surface area contributed by atoms with E-state index < -0.39 is 0 Å². The first-order valence-electron chi connectivity index (χ1n) is 6.77. The molecule has 0 amide bonds. The smallest absolute Gasteiger partial charge is 0.179 e. The Hall–Kier alpha value is -0.930. The Balaban J connectivity index is 2.69. The van der Waals surface area contributed by atoms with Crippen molar-refractivity contribution < 1.29 is 9.47 Å². The molecule has 0 unspecified atom stereocenters. The predicted molar refractivity (Wildman–Crippen MR) is 80.3 cm³/mol. The molecule has 108 valence electrons. The van der Waals surface area contributed by atoms with E-state index in [0.29, 0.717) is 16.5 Å². The van der Waals surface area contributed by atoms with Gasteiger partial charge in [-0.1, -0.05) is 44.4 Å². The number of ether oxygens (including phenoxy) is 2. The molecule has 0 aromatic heterocycles. The molecule has 0 atom stereocenters. The summed E-state index contributed by atoms with van der Waals surface area (Å²) in [5, 5.41) is 4.08. The molecular weight excluding hydrogens is 262 g/mol. The van der Waals surface area contributed by atoms with Crippen LogP contribution in [0.5, 0.6) is 11.5 Å². The molecule has 1 aromatic carbocycles. The normalized spacial score (nSPS) is 10.8. The highest BCUT2D eigenvalue weighted by Gasteiger charge is 2.13. The Morgan fingerprint density at radius 3 is 2.37 bits per heavy atom. The second kappa shape index (κ2) is 8.28. The van der Waals surface area contributed by atoms with Crippen LogP contribution in [-0.2, 0) is 6.54 Å². The summed E-state index contributed by atoms with van der Waals surface area (Å²) in [4.78, 5) is 0. The molecule has 1 aromatic rings. The van der Waals surface area contributed by atoms with Gasteiger partial charge in [-0.25, -0.2) is 0 Å². The van der Waals surface area contributed by atoms with E-state index in [2.05, 4.69) is 19.2 Å². The number of halogens is 1. The van der Waals surface area contributed by atoms with Gasteiger partial charge in [0.25, 0.3) is 0 Å². The van der Waals surface area contributed by atoms with Crippen LogP contribution in [0, 0.1) is 5.92 Å². The van der Waals surface area contributed by atoms with Crippen LogP contribution in [0.2, 0.25) is 5.02 Å². The first-order chi connectivity index (χ1) is 9.17. The van der Waals surface area contributed by atoms with Gasteiger partial charge in [-0.3, -0.25) is 0 Å². The van der Waals surface area contributed by atoms with Crippen molar-refractivity contribution in [3.8, 4) is 11.5 Å². The van der Waals surface area contributed by atoms with Gasteiger partial charge in [0.2, 0.25) is 0 Å². The van der Waals surface area contributed by atoms with Gasteiger partial charge in [0.15, 0.2) is 11.5 Å². The fourth-order valence-electron chi connectivity index (χ4n) is 2.05.